The zero-order valence-corrected chi connectivity index (χ0v) is 22.7. The molecule has 1 aliphatic heterocycles. The first-order valence-corrected chi connectivity index (χ1v) is 13.5. The van der Waals surface area contributed by atoms with Crippen molar-refractivity contribution in [3.63, 3.8) is 0 Å². The van der Waals surface area contributed by atoms with E-state index in [9.17, 15) is 9.59 Å². The van der Waals surface area contributed by atoms with Gasteiger partial charge in [-0.05, 0) is 47.2 Å². The summed E-state index contributed by atoms with van der Waals surface area (Å²) in [5, 5.41) is 3.05. The number of fused-ring (bicyclic) bond motifs is 1. The molecule has 0 saturated heterocycles. The predicted octanol–water partition coefficient (Wildman–Crippen LogP) is 6.77. The van der Waals surface area contributed by atoms with E-state index in [1.807, 2.05) is 66.7 Å². The maximum absolute atomic E-state index is 13.0. The number of unbranched alkanes of at least 4 members (excludes halogenated alkanes) is 2. The van der Waals surface area contributed by atoms with Gasteiger partial charge in [0.25, 0.3) is 0 Å². The number of carbonyl (C=O) groups excluding carboxylic acids is 2. The zero-order valence-electron chi connectivity index (χ0n) is 22.7. The van der Waals surface area contributed by atoms with Crippen molar-refractivity contribution in [1.29, 1.82) is 0 Å². The van der Waals surface area contributed by atoms with Crippen LogP contribution in [-0.4, -0.2) is 25.5 Å². The lowest BCUT2D eigenvalue weighted by Gasteiger charge is -2.26. The Morgan fingerprint density at radius 1 is 1.03 bits per heavy atom. The van der Waals surface area contributed by atoms with Crippen molar-refractivity contribution in [3.05, 3.63) is 89.0 Å². The van der Waals surface area contributed by atoms with E-state index in [1.54, 1.807) is 0 Å². The van der Waals surface area contributed by atoms with Crippen LogP contribution in [0.25, 0.3) is 0 Å². The van der Waals surface area contributed by atoms with Crippen LogP contribution in [0.15, 0.2) is 66.7 Å². The quantitative estimate of drug-likeness (QED) is 0.226. The standard InChI is InChI=1S/C32H38N2O4/c1-4-5-7-10-23(2)17-25-13-14-26(32(36)37-3)18-30(25)34-20-27-15-16-28(19-29(27)33-31(35)21-34)38-22-24-11-8-6-9-12-24/h6,8-9,11-16,18-19,23H,4-5,7,10,17,20-22H2,1-3H3,(H,33,35). The summed E-state index contributed by atoms with van der Waals surface area (Å²) in [5.74, 6) is 0.723. The van der Waals surface area contributed by atoms with Gasteiger partial charge in [-0.25, -0.2) is 4.79 Å². The molecule has 1 aliphatic rings. The Bertz CT molecular complexity index is 1240. The molecule has 1 N–H and O–H groups in total. The van der Waals surface area contributed by atoms with Gasteiger partial charge in [0.15, 0.2) is 0 Å². The second-order valence-electron chi connectivity index (χ2n) is 10.1. The molecule has 0 fully saturated rings. The minimum Gasteiger partial charge on any atom is -0.489 e. The van der Waals surface area contributed by atoms with E-state index in [1.165, 1.54) is 26.4 Å². The van der Waals surface area contributed by atoms with E-state index in [4.69, 9.17) is 9.47 Å². The molecule has 0 radical (unpaired) electrons. The van der Waals surface area contributed by atoms with E-state index in [0.717, 1.165) is 40.9 Å². The largest absolute Gasteiger partial charge is 0.489 e. The van der Waals surface area contributed by atoms with Gasteiger partial charge < -0.3 is 19.7 Å². The summed E-state index contributed by atoms with van der Waals surface area (Å²) in [7, 11) is 1.39. The molecule has 38 heavy (non-hydrogen) atoms. The highest BCUT2D eigenvalue weighted by molar-refractivity contribution is 5.97. The van der Waals surface area contributed by atoms with Gasteiger partial charge in [-0.2, -0.15) is 0 Å². The minimum atomic E-state index is -0.381. The molecular weight excluding hydrogens is 476 g/mol. The summed E-state index contributed by atoms with van der Waals surface area (Å²) in [6.07, 6.45) is 5.69. The van der Waals surface area contributed by atoms with Gasteiger partial charge >= 0.3 is 5.97 Å². The van der Waals surface area contributed by atoms with Crippen molar-refractivity contribution < 1.29 is 19.1 Å². The molecule has 4 rings (SSSR count). The Morgan fingerprint density at radius 3 is 2.61 bits per heavy atom. The van der Waals surface area contributed by atoms with Crippen LogP contribution in [0.2, 0.25) is 0 Å². The Morgan fingerprint density at radius 2 is 1.84 bits per heavy atom. The van der Waals surface area contributed by atoms with Gasteiger partial charge in [-0.1, -0.05) is 82.0 Å². The molecule has 3 aromatic rings. The summed E-state index contributed by atoms with van der Waals surface area (Å²) in [5.41, 5.74) is 5.36. The molecule has 6 heteroatoms. The van der Waals surface area contributed by atoms with Crippen LogP contribution in [0.3, 0.4) is 0 Å². The number of nitrogens with zero attached hydrogens (tertiary/aromatic N) is 1. The molecule has 0 spiro atoms. The number of anilines is 2. The van der Waals surface area contributed by atoms with E-state index in [2.05, 4.69) is 24.1 Å². The number of ether oxygens (including phenoxy) is 2. The second-order valence-corrected chi connectivity index (χ2v) is 10.1. The third kappa shape index (κ3) is 7.15. The van der Waals surface area contributed by atoms with Gasteiger partial charge in [0.1, 0.15) is 12.4 Å². The second kappa shape index (κ2) is 13.1. The van der Waals surface area contributed by atoms with E-state index in [0.29, 0.717) is 30.4 Å². The molecule has 1 unspecified atom stereocenters. The number of benzene rings is 3. The highest BCUT2D eigenvalue weighted by Crippen LogP contribution is 2.32. The Kier molecular flexibility index (Phi) is 9.41. The van der Waals surface area contributed by atoms with Crippen molar-refractivity contribution in [1.82, 2.24) is 0 Å². The molecule has 0 saturated carbocycles. The van der Waals surface area contributed by atoms with Crippen molar-refractivity contribution in [2.24, 2.45) is 5.92 Å². The summed E-state index contributed by atoms with van der Waals surface area (Å²) in [4.78, 5) is 27.4. The fourth-order valence-corrected chi connectivity index (χ4v) is 4.93. The highest BCUT2D eigenvalue weighted by Gasteiger charge is 2.24. The summed E-state index contributed by atoms with van der Waals surface area (Å²) in [6, 6.07) is 21.5. The Hall–Kier alpha value is -3.80. The SMILES string of the molecule is CCCCCC(C)Cc1ccc(C(=O)OC)cc1N1CC(=O)Nc2cc(OCc3ccccc3)ccc2C1. The number of esters is 1. The van der Waals surface area contributed by atoms with Gasteiger partial charge in [0.05, 0.1) is 19.2 Å². The van der Waals surface area contributed by atoms with Crippen LogP contribution in [0.5, 0.6) is 5.75 Å². The monoisotopic (exact) mass is 514 g/mol. The molecule has 0 bridgehead atoms. The zero-order chi connectivity index (χ0) is 26.9. The number of carbonyl (C=O) groups is 2. The molecule has 1 amide bonds. The van der Waals surface area contributed by atoms with Crippen LogP contribution in [0.1, 0.15) is 66.6 Å². The summed E-state index contributed by atoms with van der Waals surface area (Å²) in [6.45, 7) is 5.68. The van der Waals surface area contributed by atoms with Gasteiger partial charge in [0, 0.05) is 24.0 Å². The van der Waals surface area contributed by atoms with Crippen molar-refractivity contribution >= 4 is 23.3 Å². The first-order valence-electron chi connectivity index (χ1n) is 13.5. The number of nitrogens with one attached hydrogen (secondary N) is 1. The fraction of sp³-hybridized carbons (Fsp3) is 0.375. The number of rotatable bonds is 11. The molecular formula is C32H38N2O4. The van der Waals surface area contributed by atoms with Crippen molar-refractivity contribution in [2.75, 3.05) is 23.9 Å². The Balaban J connectivity index is 1.58. The topological polar surface area (TPSA) is 67.9 Å². The summed E-state index contributed by atoms with van der Waals surface area (Å²) >= 11 is 0. The third-order valence-corrected chi connectivity index (χ3v) is 7.02. The molecule has 0 aliphatic carbocycles. The van der Waals surface area contributed by atoms with Crippen molar-refractivity contribution in [2.45, 2.75) is 59.1 Å². The first-order chi connectivity index (χ1) is 18.5. The van der Waals surface area contributed by atoms with Crippen molar-refractivity contribution in [3.8, 4) is 5.75 Å². The minimum absolute atomic E-state index is 0.102. The lowest BCUT2D eigenvalue weighted by molar-refractivity contribution is -0.114. The lowest BCUT2D eigenvalue weighted by Crippen LogP contribution is -2.31. The van der Waals surface area contributed by atoms with E-state index < -0.39 is 0 Å². The average molecular weight is 515 g/mol. The number of amides is 1. The molecule has 1 heterocycles. The Labute approximate surface area is 226 Å². The van der Waals surface area contributed by atoms with Gasteiger partial charge in [0.2, 0.25) is 5.91 Å². The number of methoxy groups -OCH3 is 1. The van der Waals surface area contributed by atoms with Crippen LogP contribution in [0.4, 0.5) is 11.4 Å². The van der Waals surface area contributed by atoms with Crippen LogP contribution in [-0.2, 0) is 29.1 Å². The van der Waals surface area contributed by atoms with Crippen LogP contribution >= 0.6 is 0 Å². The van der Waals surface area contributed by atoms with Gasteiger partial charge in [-0.15, -0.1) is 0 Å². The molecule has 6 nitrogen and oxygen atoms in total. The highest BCUT2D eigenvalue weighted by atomic mass is 16.5. The molecule has 0 aromatic heterocycles. The van der Waals surface area contributed by atoms with Crippen LogP contribution < -0.4 is 15.0 Å². The fourth-order valence-electron chi connectivity index (χ4n) is 4.93. The molecule has 3 aromatic carbocycles. The number of hydrogen-bond donors (Lipinski definition) is 1. The molecule has 200 valence electrons. The summed E-state index contributed by atoms with van der Waals surface area (Å²) < 4.78 is 11.0. The lowest BCUT2D eigenvalue weighted by atomic mass is 9.93. The maximum atomic E-state index is 13.0. The average Bonchev–Trinajstić information content (AvgIpc) is 3.09. The van der Waals surface area contributed by atoms with Gasteiger partial charge in [-0.3, -0.25) is 4.79 Å². The van der Waals surface area contributed by atoms with E-state index in [-0.39, 0.29) is 18.4 Å². The smallest absolute Gasteiger partial charge is 0.337 e. The number of hydrogen-bond acceptors (Lipinski definition) is 5. The normalized spacial score (nSPS) is 13.8. The van der Waals surface area contributed by atoms with E-state index >= 15 is 0 Å². The maximum Gasteiger partial charge on any atom is 0.337 e. The van der Waals surface area contributed by atoms with Crippen LogP contribution in [0, 0.1) is 5.92 Å². The first kappa shape index (κ1) is 27.2. The predicted molar refractivity (Wildman–Crippen MR) is 152 cm³/mol. The molecule has 1 atom stereocenters. The third-order valence-electron chi connectivity index (χ3n) is 7.02.